The second-order valence-electron chi connectivity index (χ2n) is 4.25. The third-order valence-corrected chi connectivity index (χ3v) is 3.76. The molecule has 0 radical (unpaired) electrons. The molecule has 1 rings (SSSR count). The molecule has 0 aliphatic carbocycles. The van der Waals surface area contributed by atoms with Crippen LogP contribution in [0.5, 0.6) is 0 Å². The van der Waals surface area contributed by atoms with Gasteiger partial charge in [0.25, 0.3) is 0 Å². The normalized spacial score (nSPS) is 11.3. The van der Waals surface area contributed by atoms with Gasteiger partial charge in [0, 0.05) is 4.88 Å². The summed E-state index contributed by atoms with van der Waals surface area (Å²) in [7, 11) is 1.21. The van der Waals surface area contributed by atoms with Crippen molar-refractivity contribution in [3.63, 3.8) is 0 Å². The van der Waals surface area contributed by atoms with Crippen LogP contribution in [0.3, 0.4) is 0 Å². The Hall–Kier alpha value is -1.61. The maximum atomic E-state index is 12.0. The molecule has 1 aromatic heterocycles. The molecule has 0 aliphatic rings. The van der Waals surface area contributed by atoms with Crippen LogP contribution in [0.4, 0.5) is 18.2 Å². The summed E-state index contributed by atoms with van der Waals surface area (Å²) in [6.45, 7) is 1.71. The van der Waals surface area contributed by atoms with Crippen LogP contribution >= 0.6 is 11.3 Å². The molecule has 0 unspecified atom stereocenters. The number of carbonyl (C=O) groups is 2. The highest BCUT2D eigenvalue weighted by Gasteiger charge is 2.27. The molecule has 1 amide bonds. The summed E-state index contributed by atoms with van der Waals surface area (Å²) in [4.78, 5) is 24.1. The Balaban J connectivity index is 2.72. The minimum atomic E-state index is -4.38. The van der Waals surface area contributed by atoms with Crippen molar-refractivity contribution in [2.24, 2.45) is 0 Å². The van der Waals surface area contributed by atoms with Crippen LogP contribution in [-0.4, -0.2) is 38.3 Å². The monoisotopic (exact) mass is 324 g/mol. The number of thiophene rings is 1. The molecule has 0 aromatic carbocycles. The molecule has 1 aromatic rings. The van der Waals surface area contributed by atoms with Crippen LogP contribution in [0.15, 0.2) is 0 Å². The lowest BCUT2D eigenvalue weighted by Crippen LogP contribution is -2.35. The number of hydrogen-bond acceptors (Lipinski definition) is 5. The third kappa shape index (κ3) is 5.01. The lowest BCUT2D eigenvalue weighted by Gasteiger charge is -2.09. The topological polar surface area (TPSA) is 67.4 Å². The van der Waals surface area contributed by atoms with E-state index in [4.69, 9.17) is 0 Å². The maximum absolute atomic E-state index is 12.0. The van der Waals surface area contributed by atoms with E-state index in [0.717, 1.165) is 4.88 Å². The second-order valence-corrected chi connectivity index (χ2v) is 5.47. The summed E-state index contributed by atoms with van der Waals surface area (Å²) < 4.78 is 40.5. The standard InChI is InChI=1S/C12H15F3N2O3S/c1-6-7(2)21-10(9(6)11(19)20-3)17-8(18)4-16-5-12(13,14)15/h16H,4-5H2,1-3H3,(H,17,18). The molecule has 0 saturated heterocycles. The highest BCUT2D eigenvalue weighted by molar-refractivity contribution is 7.16. The molecule has 2 N–H and O–H groups in total. The number of anilines is 1. The van der Waals surface area contributed by atoms with Gasteiger partial charge in [-0.2, -0.15) is 13.2 Å². The van der Waals surface area contributed by atoms with Gasteiger partial charge in [0.2, 0.25) is 5.91 Å². The molecule has 0 aliphatic heterocycles. The number of carbonyl (C=O) groups excluding carboxylic acids is 2. The number of aryl methyl sites for hydroxylation is 1. The van der Waals surface area contributed by atoms with Crippen LogP contribution in [0.1, 0.15) is 20.8 Å². The van der Waals surface area contributed by atoms with Crippen molar-refractivity contribution >= 4 is 28.2 Å². The van der Waals surface area contributed by atoms with Gasteiger partial charge in [0.1, 0.15) is 5.00 Å². The number of ether oxygens (including phenoxy) is 1. The number of alkyl halides is 3. The fourth-order valence-corrected chi connectivity index (χ4v) is 2.62. The molecule has 118 valence electrons. The lowest BCUT2D eigenvalue weighted by atomic mass is 10.1. The SMILES string of the molecule is COC(=O)c1c(NC(=O)CNCC(F)(F)F)sc(C)c1C. The zero-order valence-electron chi connectivity index (χ0n) is 11.7. The van der Waals surface area contributed by atoms with Gasteiger partial charge in [0.05, 0.1) is 25.8 Å². The van der Waals surface area contributed by atoms with Crippen molar-refractivity contribution in [3.05, 3.63) is 16.0 Å². The minimum absolute atomic E-state index is 0.226. The maximum Gasteiger partial charge on any atom is 0.401 e. The van der Waals surface area contributed by atoms with Crippen LogP contribution in [-0.2, 0) is 9.53 Å². The Morgan fingerprint density at radius 2 is 1.90 bits per heavy atom. The molecule has 9 heteroatoms. The molecule has 5 nitrogen and oxygen atoms in total. The van der Waals surface area contributed by atoms with Gasteiger partial charge in [-0.3, -0.25) is 4.79 Å². The number of rotatable bonds is 5. The van der Waals surface area contributed by atoms with E-state index in [1.807, 2.05) is 5.32 Å². The predicted molar refractivity (Wildman–Crippen MR) is 72.7 cm³/mol. The Labute approximate surface area is 123 Å². The molecule has 0 atom stereocenters. The Morgan fingerprint density at radius 3 is 2.43 bits per heavy atom. The van der Waals surface area contributed by atoms with E-state index in [1.165, 1.54) is 18.4 Å². The fourth-order valence-electron chi connectivity index (χ4n) is 1.55. The van der Waals surface area contributed by atoms with Crippen molar-refractivity contribution in [1.82, 2.24) is 5.32 Å². The molecule has 0 spiro atoms. The van der Waals surface area contributed by atoms with Gasteiger partial charge < -0.3 is 15.4 Å². The quantitative estimate of drug-likeness (QED) is 0.815. The Kier molecular flexibility index (Phi) is 5.73. The average molecular weight is 324 g/mol. The van der Waals surface area contributed by atoms with Crippen molar-refractivity contribution < 1.29 is 27.5 Å². The van der Waals surface area contributed by atoms with Crippen molar-refractivity contribution in [1.29, 1.82) is 0 Å². The summed E-state index contributed by atoms with van der Waals surface area (Å²) in [5, 5.41) is 4.68. The van der Waals surface area contributed by atoms with Crippen LogP contribution < -0.4 is 10.6 Å². The van der Waals surface area contributed by atoms with Gasteiger partial charge in [-0.1, -0.05) is 0 Å². The first kappa shape index (κ1) is 17.4. The Bertz CT molecular complexity index is 541. The largest absolute Gasteiger partial charge is 0.465 e. The molecule has 0 saturated carbocycles. The van der Waals surface area contributed by atoms with E-state index >= 15 is 0 Å². The van der Waals surface area contributed by atoms with E-state index in [2.05, 4.69) is 10.1 Å². The lowest BCUT2D eigenvalue weighted by molar-refractivity contribution is -0.126. The van der Waals surface area contributed by atoms with Crippen molar-refractivity contribution in [2.45, 2.75) is 20.0 Å². The van der Waals surface area contributed by atoms with E-state index in [-0.39, 0.29) is 10.6 Å². The molecule has 21 heavy (non-hydrogen) atoms. The van der Waals surface area contributed by atoms with E-state index in [9.17, 15) is 22.8 Å². The van der Waals surface area contributed by atoms with Gasteiger partial charge in [-0.15, -0.1) is 11.3 Å². The molecule has 0 fully saturated rings. The minimum Gasteiger partial charge on any atom is -0.465 e. The molecule has 0 bridgehead atoms. The summed E-state index contributed by atoms with van der Waals surface area (Å²) in [5.74, 6) is -1.26. The zero-order valence-corrected chi connectivity index (χ0v) is 12.5. The predicted octanol–water partition coefficient (Wildman–Crippen LogP) is 2.24. The summed E-state index contributed by atoms with van der Waals surface area (Å²) in [6, 6.07) is 0. The number of amides is 1. The number of methoxy groups -OCH3 is 1. The van der Waals surface area contributed by atoms with Crippen molar-refractivity contribution in [2.75, 3.05) is 25.5 Å². The smallest absolute Gasteiger partial charge is 0.401 e. The number of halogens is 3. The Morgan fingerprint density at radius 1 is 1.29 bits per heavy atom. The highest BCUT2D eigenvalue weighted by Crippen LogP contribution is 2.32. The molecular formula is C12H15F3N2O3S. The third-order valence-electron chi connectivity index (χ3n) is 2.64. The first-order valence-corrected chi connectivity index (χ1v) is 6.73. The first-order chi connectivity index (χ1) is 9.65. The van der Waals surface area contributed by atoms with E-state index in [0.29, 0.717) is 5.56 Å². The van der Waals surface area contributed by atoms with Gasteiger partial charge >= 0.3 is 12.1 Å². The number of hydrogen-bond donors (Lipinski definition) is 2. The van der Waals surface area contributed by atoms with Crippen LogP contribution in [0.2, 0.25) is 0 Å². The van der Waals surface area contributed by atoms with Crippen molar-refractivity contribution in [3.8, 4) is 0 Å². The van der Waals surface area contributed by atoms with E-state index in [1.54, 1.807) is 13.8 Å². The molecular weight excluding hydrogens is 309 g/mol. The van der Waals surface area contributed by atoms with Gasteiger partial charge in [-0.25, -0.2) is 4.79 Å². The summed E-state index contributed by atoms with van der Waals surface area (Å²) in [5.41, 5.74) is 0.898. The van der Waals surface area contributed by atoms with Crippen LogP contribution in [0.25, 0.3) is 0 Å². The second kappa shape index (κ2) is 6.90. The van der Waals surface area contributed by atoms with Crippen LogP contribution in [0, 0.1) is 13.8 Å². The first-order valence-electron chi connectivity index (χ1n) is 5.91. The summed E-state index contributed by atoms with van der Waals surface area (Å²) >= 11 is 1.17. The summed E-state index contributed by atoms with van der Waals surface area (Å²) in [6.07, 6.45) is -4.38. The highest BCUT2D eigenvalue weighted by atomic mass is 32.1. The van der Waals surface area contributed by atoms with Gasteiger partial charge in [0.15, 0.2) is 0 Å². The van der Waals surface area contributed by atoms with E-state index < -0.39 is 31.1 Å². The van der Waals surface area contributed by atoms with Gasteiger partial charge in [-0.05, 0) is 19.4 Å². The average Bonchev–Trinajstić information content (AvgIpc) is 2.62. The molecule has 1 heterocycles. The fraction of sp³-hybridized carbons (Fsp3) is 0.500. The zero-order chi connectivity index (χ0) is 16.2. The number of nitrogens with one attached hydrogen (secondary N) is 2. The number of esters is 1.